The van der Waals surface area contributed by atoms with Crippen LogP contribution in [0, 0.1) is 15.9 Å². The summed E-state index contributed by atoms with van der Waals surface area (Å²) in [5.41, 5.74) is -1.02. The van der Waals surface area contributed by atoms with Crippen molar-refractivity contribution in [2.75, 3.05) is 13.2 Å². The second-order valence-corrected chi connectivity index (χ2v) is 4.71. The van der Waals surface area contributed by atoms with E-state index < -0.39 is 29.2 Å². The van der Waals surface area contributed by atoms with Gasteiger partial charge in [-0.15, -0.1) is 0 Å². The van der Waals surface area contributed by atoms with Gasteiger partial charge in [-0.25, -0.2) is 13.2 Å². The minimum atomic E-state index is -2.59. The standard InChI is InChI=1S/C12H14F3NO3/c1-12(2,7-19-6-11(14)15)9-4-3-8(16(17)18)5-10(9)13/h3-5,11H,6-7H2,1-2H3. The van der Waals surface area contributed by atoms with Crippen molar-refractivity contribution in [1.82, 2.24) is 0 Å². The van der Waals surface area contributed by atoms with Gasteiger partial charge in [0.25, 0.3) is 12.1 Å². The first-order chi connectivity index (χ1) is 8.74. The number of benzene rings is 1. The highest BCUT2D eigenvalue weighted by atomic mass is 19.3. The van der Waals surface area contributed by atoms with E-state index >= 15 is 0 Å². The lowest BCUT2D eigenvalue weighted by Crippen LogP contribution is -2.27. The third-order valence-corrected chi connectivity index (χ3v) is 2.60. The molecule has 0 atom stereocenters. The average molecular weight is 277 g/mol. The second kappa shape index (κ2) is 6.01. The lowest BCUT2D eigenvalue weighted by atomic mass is 9.85. The summed E-state index contributed by atoms with van der Waals surface area (Å²) < 4.78 is 42.5. The fraction of sp³-hybridized carbons (Fsp3) is 0.500. The fourth-order valence-corrected chi connectivity index (χ4v) is 1.65. The summed E-state index contributed by atoms with van der Waals surface area (Å²) >= 11 is 0. The van der Waals surface area contributed by atoms with E-state index in [9.17, 15) is 23.3 Å². The maximum atomic E-state index is 13.8. The molecule has 1 rings (SSSR count). The molecule has 0 N–H and O–H groups in total. The van der Waals surface area contributed by atoms with Gasteiger partial charge in [-0.2, -0.15) is 0 Å². The summed E-state index contributed by atoms with van der Waals surface area (Å²) in [6, 6.07) is 3.26. The van der Waals surface area contributed by atoms with Gasteiger partial charge < -0.3 is 4.74 Å². The molecule has 1 aromatic rings. The molecule has 0 fully saturated rings. The highest BCUT2D eigenvalue weighted by molar-refractivity contribution is 5.37. The van der Waals surface area contributed by atoms with E-state index in [0.29, 0.717) is 0 Å². The van der Waals surface area contributed by atoms with Gasteiger partial charge in [0, 0.05) is 11.5 Å². The molecule has 0 amide bonds. The van der Waals surface area contributed by atoms with Crippen molar-refractivity contribution in [2.24, 2.45) is 0 Å². The molecule has 0 spiro atoms. The fourth-order valence-electron chi connectivity index (χ4n) is 1.65. The molecule has 0 unspecified atom stereocenters. The molecular formula is C12H14F3NO3. The minimum absolute atomic E-state index is 0.105. The Kier molecular flexibility index (Phi) is 4.88. The molecule has 0 heterocycles. The van der Waals surface area contributed by atoms with Crippen LogP contribution in [0.2, 0.25) is 0 Å². The molecule has 0 aliphatic carbocycles. The monoisotopic (exact) mass is 277 g/mol. The van der Waals surface area contributed by atoms with Gasteiger partial charge in [0.1, 0.15) is 12.4 Å². The van der Waals surface area contributed by atoms with Crippen LogP contribution in [-0.4, -0.2) is 24.6 Å². The van der Waals surface area contributed by atoms with Crippen LogP contribution in [0.4, 0.5) is 18.9 Å². The zero-order valence-electron chi connectivity index (χ0n) is 10.5. The molecule has 19 heavy (non-hydrogen) atoms. The summed E-state index contributed by atoms with van der Waals surface area (Å²) in [7, 11) is 0. The predicted molar refractivity (Wildman–Crippen MR) is 62.9 cm³/mol. The number of halogens is 3. The minimum Gasteiger partial charge on any atom is -0.375 e. The topological polar surface area (TPSA) is 52.4 Å². The second-order valence-electron chi connectivity index (χ2n) is 4.71. The van der Waals surface area contributed by atoms with Crippen molar-refractivity contribution in [1.29, 1.82) is 0 Å². The number of nitrogens with zero attached hydrogens (tertiary/aromatic N) is 1. The zero-order chi connectivity index (χ0) is 14.6. The molecule has 1 aromatic carbocycles. The Bertz CT molecular complexity index is 464. The quantitative estimate of drug-likeness (QED) is 0.592. The number of hydrogen-bond donors (Lipinski definition) is 0. The van der Waals surface area contributed by atoms with E-state index in [0.717, 1.165) is 6.07 Å². The van der Waals surface area contributed by atoms with Gasteiger partial charge in [0.2, 0.25) is 0 Å². The third-order valence-electron chi connectivity index (χ3n) is 2.60. The number of non-ortho nitro benzene ring substituents is 1. The molecule has 0 aliphatic rings. The highest BCUT2D eigenvalue weighted by Crippen LogP contribution is 2.28. The summed E-state index contributed by atoms with van der Waals surface area (Å²) in [5, 5.41) is 10.5. The largest absolute Gasteiger partial charge is 0.375 e. The van der Waals surface area contributed by atoms with Gasteiger partial charge in [-0.3, -0.25) is 10.1 Å². The number of alkyl halides is 2. The lowest BCUT2D eigenvalue weighted by molar-refractivity contribution is -0.385. The van der Waals surface area contributed by atoms with Gasteiger partial charge in [0.15, 0.2) is 0 Å². The van der Waals surface area contributed by atoms with Crippen LogP contribution in [-0.2, 0) is 10.2 Å². The Morgan fingerprint density at radius 3 is 2.53 bits per heavy atom. The first-order valence-electron chi connectivity index (χ1n) is 5.54. The predicted octanol–water partition coefficient (Wildman–Crippen LogP) is 3.29. The molecule has 0 aliphatic heterocycles. The summed E-state index contributed by atoms with van der Waals surface area (Å²) in [6.45, 7) is 2.40. The summed E-state index contributed by atoms with van der Waals surface area (Å²) in [4.78, 5) is 9.79. The molecule has 0 saturated carbocycles. The SMILES string of the molecule is CC(C)(COCC(F)F)c1ccc([N+](=O)[O-])cc1F. The van der Waals surface area contributed by atoms with Crippen LogP contribution in [0.3, 0.4) is 0 Å². The van der Waals surface area contributed by atoms with E-state index in [1.165, 1.54) is 12.1 Å². The van der Waals surface area contributed by atoms with Crippen molar-refractivity contribution < 1.29 is 22.8 Å². The van der Waals surface area contributed by atoms with Crippen LogP contribution >= 0.6 is 0 Å². The van der Waals surface area contributed by atoms with Crippen molar-refractivity contribution in [3.05, 3.63) is 39.7 Å². The van der Waals surface area contributed by atoms with Crippen LogP contribution in [0.1, 0.15) is 19.4 Å². The van der Waals surface area contributed by atoms with Crippen LogP contribution in [0.5, 0.6) is 0 Å². The van der Waals surface area contributed by atoms with E-state index in [-0.39, 0.29) is 17.9 Å². The van der Waals surface area contributed by atoms with Gasteiger partial charge >= 0.3 is 0 Å². The van der Waals surface area contributed by atoms with E-state index in [1.54, 1.807) is 13.8 Å². The average Bonchev–Trinajstić information content (AvgIpc) is 2.27. The van der Waals surface area contributed by atoms with Crippen LogP contribution in [0.25, 0.3) is 0 Å². The summed E-state index contributed by atoms with van der Waals surface area (Å²) in [6.07, 6.45) is -2.59. The normalized spacial score (nSPS) is 11.9. The maximum absolute atomic E-state index is 13.8. The number of nitro benzene ring substituents is 1. The Morgan fingerprint density at radius 2 is 2.05 bits per heavy atom. The molecule has 0 radical (unpaired) electrons. The van der Waals surface area contributed by atoms with Crippen molar-refractivity contribution in [3.63, 3.8) is 0 Å². The number of hydrogen-bond acceptors (Lipinski definition) is 3. The van der Waals surface area contributed by atoms with Crippen molar-refractivity contribution >= 4 is 5.69 Å². The molecule has 0 aromatic heterocycles. The summed E-state index contributed by atoms with van der Waals surface area (Å²) in [5.74, 6) is -0.750. The lowest BCUT2D eigenvalue weighted by Gasteiger charge is -2.25. The Balaban J connectivity index is 2.85. The van der Waals surface area contributed by atoms with Crippen molar-refractivity contribution in [3.8, 4) is 0 Å². The smallest absolute Gasteiger partial charge is 0.272 e. The van der Waals surface area contributed by atoms with E-state index in [1.807, 2.05) is 0 Å². The van der Waals surface area contributed by atoms with Crippen LogP contribution in [0.15, 0.2) is 18.2 Å². The van der Waals surface area contributed by atoms with Crippen molar-refractivity contribution in [2.45, 2.75) is 25.7 Å². The first-order valence-corrected chi connectivity index (χ1v) is 5.54. The number of ether oxygens (including phenoxy) is 1. The van der Waals surface area contributed by atoms with Gasteiger partial charge in [0.05, 0.1) is 17.6 Å². The molecule has 0 bridgehead atoms. The molecule has 7 heteroatoms. The Labute approximate surface area is 108 Å². The first kappa shape index (κ1) is 15.4. The Hall–Kier alpha value is -1.63. The van der Waals surface area contributed by atoms with Crippen LogP contribution < -0.4 is 0 Å². The Morgan fingerprint density at radius 1 is 1.42 bits per heavy atom. The highest BCUT2D eigenvalue weighted by Gasteiger charge is 2.26. The van der Waals surface area contributed by atoms with Gasteiger partial charge in [-0.05, 0) is 11.6 Å². The van der Waals surface area contributed by atoms with Gasteiger partial charge in [-0.1, -0.05) is 13.8 Å². The van der Waals surface area contributed by atoms with E-state index in [2.05, 4.69) is 0 Å². The molecule has 0 saturated heterocycles. The third kappa shape index (κ3) is 4.20. The molecule has 106 valence electrons. The maximum Gasteiger partial charge on any atom is 0.272 e. The van der Waals surface area contributed by atoms with E-state index in [4.69, 9.17) is 4.74 Å². The number of nitro groups is 1. The number of rotatable bonds is 6. The zero-order valence-corrected chi connectivity index (χ0v) is 10.5. The molecular weight excluding hydrogens is 263 g/mol. The molecule has 4 nitrogen and oxygen atoms in total.